The molecule has 0 bridgehead atoms. The summed E-state index contributed by atoms with van der Waals surface area (Å²) < 4.78 is 25.9. The lowest BCUT2D eigenvalue weighted by molar-refractivity contribution is 0.0601. The SMILES string of the molecule is COC(=O)c1cc(OC)c(OC)cc1NC(=S)Nc1ccc(OC)c(OC)c1. The Labute approximate surface area is 168 Å². The molecule has 0 spiro atoms. The van der Waals surface area contributed by atoms with Crippen LogP contribution in [0.25, 0.3) is 0 Å². The molecule has 0 aromatic heterocycles. The van der Waals surface area contributed by atoms with Gasteiger partial charge < -0.3 is 34.3 Å². The van der Waals surface area contributed by atoms with E-state index in [4.69, 9.17) is 35.9 Å². The third-order valence-corrected chi connectivity index (χ3v) is 4.02. The van der Waals surface area contributed by atoms with Crippen LogP contribution in [0.5, 0.6) is 23.0 Å². The van der Waals surface area contributed by atoms with Gasteiger partial charge in [0.25, 0.3) is 0 Å². The van der Waals surface area contributed by atoms with Crippen molar-refractivity contribution < 1.29 is 28.5 Å². The molecule has 150 valence electrons. The molecule has 0 radical (unpaired) electrons. The van der Waals surface area contributed by atoms with Crippen molar-refractivity contribution in [3.8, 4) is 23.0 Å². The largest absolute Gasteiger partial charge is 0.493 e. The van der Waals surface area contributed by atoms with E-state index in [0.29, 0.717) is 34.4 Å². The molecule has 2 N–H and O–H groups in total. The van der Waals surface area contributed by atoms with Crippen molar-refractivity contribution >= 4 is 34.7 Å². The molecular weight excluding hydrogens is 384 g/mol. The highest BCUT2D eigenvalue weighted by atomic mass is 32.1. The Bertz CT molecular complexity index is 872. The van der Waals surface area contributed by atoms with Gasteiger partial charge in [0.15, 0.2) is 28.1 Å². The van der Waals surface area contributed by atoms with Gasteiger partial charge in [-0.1, -0.05) is 0 Å². The standard InChI is InChI=1S/C19H22N2O6S/c1-23-14-7-6-11(8-15(14)24-2)20-19(28)21-13-10-17(26-4)16(25-3)9-12(13)18(22)27-5/h6-10H,1-5H3,(H2,20,21,28). The average molecular weight is 406 g/mol. The zero-order valence-electron chi connectivity index (χ0n) is 16.2. The summed E-state index contributed by atoms with van der Waals surface area (Å²) >= 11 is 5.36. The minimum atomic E-state index is -0.544. The summed E-state index contributed by atoms with van der Waals surface area (Å²) in [5, 5.41) is 6.26. The number of hydrogen-bond acceptors (Lipinski definition) is 7. The van der Waals surface area contributed by atoms with Crippen LogP contribution in [0.3, 0.4) is 0 Å². The fraction of sp³-hybridized carbons (Fsp3) is 0.263. The van der Waals surface area contributed by atoms with Crippen molar-refractivity contribution in [3.63, 3.8) is 0 Å². The molecule has 0 aliphatic carbocycles. The van der Waals surface area contributed by atoms with Gasteiger partial charge in [-0.2, -0.15) is 0 Å². The second kappa shape index (κ2) is 9.65. The van der Waals surface area contributed by atoms with Gasteiger partial charge in [0.1, 0.15) is 0 Å². The smallest absolute Gasteiger partial charge is 0.340 e. The number of hydrogen-bond donors (Lipinski definition) is 2. The molecule has 28 heavy (non-hydrogen) atoms. The van der Waals surface area contributed by atoms with Gasteiger partial charge in [0.05, 0.1) is 46.8 Å². The molecule has 2 aromatic carbocycles. The van der Waals surface area contributed by atoms with Gasteiger partial charge in [0.2, 0.25) is 0 Å². The Morgan fingerprint density at radius 3 is 1.93 bits per heavy atom. The summed E-state index contributed by atoms with van der Waals surface area (Å²) in [6, 6.07) is 8.40. The number of anilines is 2. The lowest BCUT2D eigenvalue weighted by Gasteiger charge is -2.17. The lowest BCUT2D eigenvalue weighted by atomic mass is 10.1. The van der Waals surface area contributed by atoms with Crippen LogP contribution < -0.4 is 29.6 Å². The van der Waals surface area contributed by atoms with Crippen molar-refractivity contribution in [2.24, 2.45) is 0 Å². The van der Waals surface area contributed by atoms with E-state index in [1.54, 1.807) is 38.5 Å². The lowest BCUT2D eigenvalue weighted by Crippen LogP contribution is -2.21. The van der Waals surface area contributed by atoms with E-state index in [2.05, 4.69) is 10.6 Å². The van der Waals surface area contributed by atoms with Crippen molar-refractivity contribution in [1.82, 2.24) is 0 Å². The molecule has 0 amide bonds. The summed E-state index contributed by atoms with van der Waals surface area (Å²) in [5.41, 5.74) is 1.33. The Balaban J connectivity index is 2.28. The third-order valence-electron chi connectivity index (χ3n) is 3.82. The molecule has 0 aliphatic rings. The highest BCUT2D eigenvalue weighted by Gasteiger charge is 2.18. The van der Waals surface area contributed by atoms with Crippen LogP contribution in [0.4, 0.5) is 11.4 Å². The Morgan fingerprint density at radius 2 is 1.36 bits per heavy atom. The topological polar surface area (TPSA) is 87.3 Å². The van der Waals surface area contributed by atoms with Crippen LogP contribution in [0.15, 0.2) is 30.3 Å². The Hall–Kier alpha value is -3.20. The summed E-state index contributed by atoms with van der Waals surface area (Å²) in [4.78, 5) is 12.1. The maximum absolute atomic E-state index is 12.1. The van der Waals surface area contributed by atoms with Crippen LogP contribution in [0.1, 0.15) is 10.4 Å². The molecule has 8 nitrogen and oxygen atoms in total. The second-order valence-corrected chi connectivity index (χ2v) is 5.80. The summed E-state index contributed by atoms with van der Waals surface area (Å²) in [5.74, 6) is 1.44. The molecule has 0 saturated carbocycles. The zero-order valence-corrected chi connectivity index (χ0v) is 17.1. The van der Waals surface area contributed by atoms with E-state index in [1.807, 2.05) is 0 Å². The average Bonchev–Trinajstić information content (AvgIpc) is 2.72. The van der Waals surface area contributed by atoms with Crippen LogP contribution >= 0.6 is 12.2 Å². The van der Waals surface area contributed by atoms with Crippen LogP contribution in [-0.2, 0) is 4.74 Å². The summed E-state index contributed by atoms with van der Waals surface area (Å²) in [6.45, 7) is 0. The molecule has 0 atom stereocenters. The number of thiocarbonyl (C=S) groups is 1. The monoisotopic (exact) mass is 406 g/mol. The molecule has 0 fully saturated rings. The van der Waals surface area contributed by atoms with E-state index in [9.17, 15) is 4.79 Å². The highest BCUT2D eigenvalue weighted by molar-refractivity contribution is 7.80. The molecule has 0 unspecified atom stereocenters. The first-order chi connectivity index (χ1) is 13.5. The molecule has 2 rings (SSSR count). The molecular formula is C19H22N2O6S. The van der Waals surface area contributed by atoms with Crippen LogP contribution in [0.2, 0.25) is 0 Å². The van der Waals surface area contributed by atoms with Gasteiger partial charge in [0, 0.05) is 23.9 Å². The van der Waals surface area contributed by atoms with Crippen molar-refractivity contribution in [1.29, 1.82) is 0 Å². The fourth-order valence-corrected chi connectivity index (χ4v) is 2.69. The molecule has 2 aromatic rings. The second-order valence-electron chi connectivity index (χ2n) is 5.39. The van der Waals surface area contributed by atoms with E-state index < -0.39 is 5.97 Å². The minimum absolute atomic E-state index is 0.247. The molecule has 9 heteroatoms. The van der Waals surface area contributed by atoms with Crippen molar-refractivity contribution in [2.75, 3.05) is 46.2 Å². The zero-order chi connectivity index (χ0) is 20.7. The number of ether oxygens (including phenoxy) is 5. The van der Waals surface area contributed by atoms with Crippen LogP contribution in [-0.4, -0.2) is 46.6 Å². The fourth-order valence-electron chi connectivity index (χ4n) is 2.46. The molecule has 0 heterocycles. The number of benzene rings is 2. The number of methoxy groups -OCH3 is 5. The third kappa shape index (κ3) is 4.74. The summed E-state index contributed by atoms with van der Waals surface area (Å²) in [7, 11) is 7.38. The van der Waals surface area contributed by atoms with E-state index in [1.165, 1.54) is 27.4 Å². The number of carbonyl (C=O) groups excluding carboxylic acids is 1. The van der Waals surface area contributed by atoms with E-state index in [-0.39, 0.29) is 10.7 Å². The van der Waals surface area contributed by atoms with Gasteiger partial charge in [-0.3, -0.25) is 0 Å². The first kappa shape index (κ1) is 21.1. The predicted molar refractivity (Wildman–Crippen MR) is 110 cm³/mol. The first-order valence-electron chi connectivity index (χ1n) is 8.11. The quantitative estimate of drug-likeness (QED) is 0.531. The number of esters is 1. The molecule has 0 saturated heterocycles. The van der Waals surface area contributed by atoms with Gasteiger partial charge in [-0.15, -0.1) is 0 Å². The van der Waals surface area contributed by atoms with Gasteiger partial charge in [-0.25, -0.2) is 4.79 Å². The van der Waals surface area contributed by atoms with Crippen LogP contribution in [0, 0.1) is 0 Å². The highest BCUT2D eigenvalue weighted by Crippen LogP contribution is 2.34. The van der Waals surface area contributed by atoms with Gasteiger partial charge >= 0.3 is 5.97 Å². The minimum Gasteiger partial charge on any atom is -0.493 e. The molecule has 0 aliphatic heterocycles. The van der Waals surface area contributed by atoms with Gasteiger partial charge in [-0.05, 0) is 24.4 Å². The number of nitrogens with one attached hydrogen (secondary N) is 2. The van der Waals surface area contributed by atoms with Crippen molar-refractivity contribution in [3.05, 3.63) is 35.9 Å². The van der Waals surface area contributed by atoms with Crippen molar-refractivity contribution in [2.45, 2.75) is 0 Å². The van der Waals surface area contributed by atoms with E-state index >= 15 is 0 Å². The maximum atomic E-state index is 12.1. The Kier molecular flexibility index (Phi) is 7.28. The normalized spacial score (nSPS) is 9.89. The first-order valence-corrected chi connectivity index (χ1v) is 8.52. The Morgan fingerprint density at radius 1 is 0.786 bits per heavy atom. The number of carbonyl (C=O) groups is 1. The summed E-state index contributed by atoms with van der Waals surface area (Å²) in [6.07, 6.45) is 0. The predicted octanol–water partition coefficient (Wildman–Crippen LogP) is 3.32. The number of rotatable bonds is 7. The maximum Gasteiger partial charge on any atom is 0.340 e. The van der Waals surface area contributed by atoms with E-state index in [0.717, 1.165) is 0 Å².